The SMILES string of the molecule is CC(C)OC(=O)C(CCc1ccc(Br)cc1[N+](=O)[O-])N=O. The summed E-state index contributed by atoms with van der Waals surface area (Å²) in [6, 6.07) is 3.47. The van der Waals surface area contributed by atoms with Crippen molar-refractivity contribution in [2.24, 2.45) is 5.18 Å². The van der Waals surface area contributed by atoms with E-state index in [-0.39, 0.29) is 24.6 Å². The van der Waals surface area contributed by atoms with Crippen molar-refractivity contribution in [1.82, 2.24) is 0 Å². The first-order chi connectivity index (χ1) is 9.85. The molecule has 0 spiro atoms. The molecule has 0 bridgehead atoms. The highest BCUT2D eigenvalue weighted by atomic mass is 79.9. The Hall–Kier alpha value is -1.83. The van der Waals surface area contributed by atoms with E-state index in [1.54, 1.807) is 26.0 Å². The van der Waals surface area contributed by atoms with Crippen molar-refractivity contribution in [3.63, 3.8) is 0 Å². The predicted octanol–water partition coefficient (Wildman–Crippen LogP) is 3.38. The molecular weight excluding hydrogens is 344 g/mol. The predicted molar refractivity (Wildman–Crippen MR) is 79.9 cm³/mol. The topological polar surface area (TPSA) is 98.9 Å². The molecule has 0 radical (unpaired) electrons. The van der Waals surface area contributed by atoms with Crippen LogP contribution in [0.1, 0.15) is 25.8 Å². The molecule has 0 saturated heterocycles. The van der Waals surface area contributed by atoms with E-state index in [9.17, 15) is 19.8 Å². The Morgan fingerprint density at radius 2 is 2.14 bits per heavy atom. The molecule has 8 heteroatoms. The molecule has 1 rings (SSSR count). The number of nitrogens with zero attached hydrogens (tertiary/aromatic N) is 2. The Kier molecular flexibility index (Phi) is 6.41. The lowest BCUT2D eigenvalue weighted by Gasteiger charge is -2.12. The summed E-state index contributed by atoms with van der Waals surface area (Å²) in [4.78, 5) is 32.8. The Morgan fingerprint density at radius 3 is 2.67 bits per heavy atom. The second-order valence-electron chi connectivity index (χ2n) is 4.68. The number of hydrogen-bond donors (Lipinski definition) is 0. The molecule has 0 aliphatic heterocycles. The molecule has 0 N–H and O–H groups in total. The highest BCUT2D eigenvalue weighted by Gasteiger charge is 2.23. The molecule has 0 aliphatic carbocycles. The first kappa shape index (κ1) is 17.2. The second kappa shape index (κ2) is 7.82. The number of nitroso groups, excluding NO2 is 1. The number of carbonyl (C=O) groups excluding carboxylic acids is 1. The molecular formula is C13H15BrN2O5. The molecule has 1 atom stereocenters. The van der Waals surface area contributed by atoms with E-state index in [0.29, 0.717) is 10.0 Å². The molecule has 0 heterocycles. The van der Waals surface area contributed by atoms with Gasteiger partial charge in [0, 0.05) is 16.1 Å². The number of rotatable bonds is 7. The monoisotopic (exact) mass is 358 g/mol. The third-order valence-corrected chi connectivity index (χ3v) is 3.18. The summed E-state index contributed by atoms with van der Waals surface area (Å²) in [5, 5.41) is 13.7. The Balaban J connectivity index is 2.80. The summed E-state index contributed by atoms with van der Waals surface area (Å²) in [5.74, 6) is -0.709. The van der Waals surface area contributed by atoms with E-state index in [2.05, 4.69) is 21.1 Å². The van der Waals surface area contributed by atoms with Crippen molar-refractivity contribution in [2.45, 2.75) is 38.8 Å². The lowest BCUT2D eigenvalue weighted by Crippen LogP contribution is -2.24. The maximum Gasteiger partial charge on any atom is 0.334 e. The first-order valence-electron chi connectivity index (χ1n) is 6.31. The summed E-state index contributed by atoms with van der Waals surface area (Å²) < 4.78 is 5.50. The number of nitro benzene ring substituents is 1. The van der Waals surface area contributed by atoms with Gasteiger partial charge in [-0.3, -0.25) is 10.1 Å². The van der Waals surface area contributed by atoms with Gasteiger partial charge in [-0.2, -0.15) is 0 Å². The molecule has 7 nitrogen and oxygen atoms in total. The van der Waals surface area contributed by atoms with E-state index < -0.39 is 16.9 Å². The van der Waals surface area contributed by atoms with Crippen molar-refractivity contribution < 1.29 is 14.5 Å². The number of nitro groups is 1. The van der Waals surface area contributed by atoms with Gasteiger partial charge in [0.25, 0.3) is 5.69 Å². The summed E-state index contributed by atoms with van der Waals surface area (Å²) in [6.07, 6.45) is -0.0891. The Bertz CT molecular complexity index is 547. The minimum absolute atomic E-state index is 0.0637. The number of carbonyl (C=O) groups is 1. The van der Waals surface area contributed by atoms with Gasteiger partial charge in [-0.25, -0.2) is 4.79 Å². The molecule has 0 fully saturated rings. The number of hydrogen-bond acceptors (Lipinski definition) is 6. The first-order valence-corrected chi connectivity index (χ1v) is 7.10. The van der Waals surface area contributed by atoms with Crippen LogP contribution in [0.2, 0.25) is 0 Å². The average Bonchev–Trinajstić information content (AvgIpc) is 2.39. The number of benzene rings is 1. The van der Waals surface area contributed by atoms with Crippen molar-refractivity contribution >= 4 is 27.6 Å². The fourth-order valence-corrected chi connectivity index (χ4v) is 2.08. The van der Waals surface area contributed by atoms with Crippen molar-refractivity contribution in [3.8, 4) is 0 Å². The van der Waals surface area contributed by atoms with E-state index >= 15 is 0 Å². The van der Waals surface area contributed by atoms with Gasteiger partial charge in [-0.1, -0.05) is 27.2 Å². The van der Waals surface area contributed by atoms with Crippen LogP contribution in [0.4, 0.5) is 5.69 Å². The average molecular weight is 359 g/mol. The molecule has 0 saturated carbocycles. The summed E-state index contributed by atoms with van der Waals surface area (Å²) in [5.41, 5.74) is 0.375. The lowest BCUT2D eigenvalue weighted by atomic mass is 10.0. The normalized spacial score (nSPS) is 12.0. The summed E-state index contributed by atoms with van der Waals surface area (Å²) in [6.45, 7) is 3.33. The van der Waals surface area contributed by atoms with Gasteiger partial charge in [0.05, 0.1) is 11.0 Å². The smallest absolute Gasteiger partial charge is 0.334 e. The highest BCUT2D eigenvalue weighted by molar-refractivity contribution is 9.10. The van der Waals surface area contributed by atoms with Crippen molar-refractivity contribution in [3.05, 3.63) is 43.3 Å². The van der Waals surface area contributed by atoms with E-state index in [0.717, 1.165) is 0 Å². The van der Waals surface area contributed by atoms with Crippen molar-refractivity contribution in [2.75, 3.05) is 0 Å². The maximum atomic E-state index is 11.6. The van der Waals surface area contributed by atoms with Crippen LogP contribution < -0.4 is 0 Å². The molecule has 21 heavy (non-hydrogen) atoms. The van der Waals surface area contributed by atoms with Gasteiger partial charge in [0.2, 0.25) is 0 Å². The van der Waals surface area contributed by atoms with Crippen LogP contribution in [0, 0.1) is 15.0 Å². The van der Waals surface area contributed by atoms with E-state index in [1.165, 1.54) is 6.07 Å². The van der Waals surface area contributed by atoms with Crippen LogP contribution in [0.5, 0.6) is 0 Å². The van der Waals surface area contributed by atoms with Gasteiger partial charge in [0.1, 0.15) is 0 Å². The Labute approximate surface area is 129 Å². The minimum Gasteiger partial charge on any atom is -0.461 e. The zero-order valence-electron chi connectivity index (χ0n) is 11.6. The highest BCUT2D eigenvalue weighted by Crippen LogP contribution is 2.25. The van der Waals surface area contributed by atoms with Crippen LogP contribution in [0.25, 0.3) is 0 Å². The third-order valence-electron chi connectivity index (χ3n) is 2.68. The molecule has 114 valence electrons. The molecule has 1 aromatic rings. The van der Waals surface area contributed by atoms with Crippen LogP contribution in [-0.2, 0) is 16.0 Å². The number of ether oxygens (including phenoxy) is 1. The van der Waals surface area contributed by atoms with Gasteiger partial charge < -0.3 is 4.74 Å². The third kappa shape index (κ3) is 5.22. The largest absolute Gasteiger partial charge is 0.461 e. The molecule has 0 aliphatic rings. The lowest BCUT2D eigenvalue weighted by molar-refractivity contribution is -0.385. The fourth-order valence-electron chi connectivity index (χ4n) is 1.74. The maximum absolute atomic E-state index is 11.6. The van der Waals surface area contributed by atoms with E-state index in [1.807, 2.05) is 0 Å². The fraction of sp³-hybridized carbons (Fsp3) is 0.462. The quantitative estimate of drug-likeness (QED) is 0.322. The number of halogens is 1. The van der Waals surface area contributed by atoms with E-state index in [4.69, 9.17) is 4.74 Å². The molecule has 1 unspecified atom stereocenters. The zero-order valence-corrected chi connectivity index (χ0v) is 13.2. The summed E-state index contributed by atoms with van der Waals surface area (Å²) in [7, 11) is 0. The molecule has 1 aromatic carbocycles. The minimum atomic E-state index is -1.16. The summed E-state index contributed by atoms with van der Waals surface area (Å²) >= 11 is 3.16. The number of aryl methyl sites for hydroxylation is 1. The van der Waals surface area contributed by atoms with Crippen LogP contribution in [-0.4, -0.2) is 23.0 Å². The standard InChI is InChI=1S/C13H15BrN2O5/c1-8(2)21-13(17)11(15-18)6-4-9-3-5-10(14)7-12(9)16(19)20/h3,5,7-8,11H,4,6H2,1-2H3. The molecule has 0 amide bonds. The number of esters is 1. The molecule has 0 aromatic heterocycles. The second-order valence-corrected chi connectivity index (χ2v) is 5.59. The van der Waals surface area contributed by atoms with Gasteiger partial charge >= 0.3 is 5.97 Å². The van der Waals surface area contributed by atoms with Crippen LogP contribution in [0.3, 0.4) is 0 Å². The Morgan fingerprint density at radius 1 is 1.48 bits per heavy atom. The van der Waals surface area contributed by atoms with Gasteiger partial charge in [0.15, 0.2) is 6.04 Å². The van der Waals surface area contributed by atoms with Gasteiger partial charge in [-0.05, 0) is 32.8 Å². The van der Waals surface area contributed by atoms with Crippen molar-refractivity contribution in [1.29, 1.82) is 0 Å². The van der Waals surface area contributed by atoms with Crippen LogP contribution in [0.15, 0.2) is 27.8 Å². The van der Waals surface area contributed by atoms with Crippen LogP contribution >= 0.6 is 15.9 Å². The van der Waals surface area contributed by atoms with Gasteiger partial charge in [-0.15, -0.1) is 4.91 Å². The zero-order chi connectivity index (χ0) is 16.0.